The molecule has 1 aromatic heterocycles. The van der Waals surface area contributed by atoms with E-state index in [0.29, 0.717) is 0 Å². The molecular formula is C11H14ClNO2S. The topological polar surface area (TPSA) is 40.5 Å². The molecule has 16 heavy (non-hydrogen) atoms. The van der Waals surface area contributed by atoms with Crippen molar-refractivity contribution in [3.63, 3.8) is 0 Å². The fourth-order valence-corrected chi connectivity index (χ4v) is 3.37. The van der Waals surface area contributed by atoms with Crippen molar-refractivity contribution in [2.75, 3.05) is 6.54 Å². The van der Waals surface area contributed by atoms with E-state index in [-0.39, 0.29) is 12.1 Å². The van der Waals surface area contributed by atoms with Crippen LogP contribution in [-0.4, -0.2) is 28.6 Å². The van der Waals surface area contributed by atoms with Crippen molar-refractivity contribution in [3.8, 4) is 0 Å². The number of nitrogens with zero attached hydrogens (tertiary/aromatic N) is 1. The maximum atomic E-state index is 11.1. The van der Waals surface area contributed by atoms with Crippen LogP contribution in [0.3, 0.4) is 0 Å². The molecule has 1 aliphatic rings. The zero-order valence-electron chi connectivity index (χ0n) is 9.02. The summed E-state index contributed by atoms with van der Waals surface area (Å²) in [4.78, 5) is 14.3. The van der Waals surface area contributed by atoms with Gasteiger partial charge in [0.2, 0.25) is 0 Å². The van der Waals surface area contributed by atoms with Crippen LogP contribution < -0.4 is 0 Å². The first-order chi connectivity index (χ1) is 7.59. The third kappa shape index (κ3) is 2.24. The Hall–Kier alpha value is -0.580. The molecule has 1 aliphatic heterocycles. The van der Waals surface area contributed by atoms with Gasteiger partial charge in [-0.05, 0) is 38.4 Å². The van der Waals surface area contributed by atoms with E-state index in [1.807, 2.05) is 24.0 Å². The molecule has 1 aromatic rings. The van der Waals surface area contributed by atoms with Crippen molar-refractivity contribution < 1.29 is 9.90 Å². The molecular weight excluding hydrogens is 246 g/mol. The van der Waals surface area contributed by atoms with Gasteiger partial charge in [0.05, 0.1) is 4.34 Å². The van der Waals surface area contributed by atoms with Gasteiger partial charge in [0.25, 0.3) is 0 Å². The summed E-state index contributed by atoms with van der Waals surface area (Å²) < 4.78 is 0.757. The minimum absolute atomic E-state index is 0.140. The Morgan fingerprint density at radius 1 is 1.69 bits per heavy atom. The van der Waals surface area contributed by atoms with E-state index >= 15 is 0 Å². The number of thiophene rings is 1. The van der Waals surface area contributed by atoms with Crippen molar-refractivity contribution in [2.45, 2.75) is 31.8 Å². The van der Waals surface area contributed by atoms with Crippen molar-refractivity contribution in [1.82, 2.24) is 4.90 Å². The molecule has 2 heterocycles. The Bertz CT molecular complexity index is 393. The van der Waals surface area contributed by atoms with Gasteiger partial charge < -0.3 is 5.11 Å². The van der Waals surface area contributed by atoms with Gasteiger partial charge in [-0.2, -0.15) is 0 Å². The highest BCUT2D eigenvalue weighted by Crippen LogP contribution is 2.34. The van der Waals surface area contributed by atoms with Gasteiger partial charge in [0.1, 0.15) is 6.04 Å². The van der Waals surface area contributed by atoms with Crippen LogP contribution >= 0.6 is 22.9 Å². The maximum Gasteiger partial charge on any atom is 0.320 e. The normalized spacial score (nSPS) is 23.5. The lowest BCUT2D eigenvalue weighted by Crippen LogP contribution is -2.37. The Labute approximate surface area is 104 Å². The molecule has 5 heteroatoms. The standard InChI is InChI=1S/C11H14ClNO2S/c1-7(9-4-5-10(12)16-9)13-6-2-3-8(13)11(14)15/h4-5,7-8H,2-3,6H2,1H3,(H,14,15)/t7?,8-/m0/s1. The molecule has 0 aliphatic carbocycles. The molecule has 0 saturated carbocycles. The van der Waals surface area contributed by atoms with E-state index in [4.69, 9.17) is 16.7 Å². The number of rotatable bonds is 3. The second-order valence-electron chi connectivity index (χ2n) is 4.05. The summed E-state index contributed by atoms with van der Waals surface area (Å²) in [6.07, 6.45) is 1.71. The zero-order valence-corrected chi connectivity index (χ0v) is 10.6. The summed E-state index contributed by atoms with van der Waals surface area (Å²) in [5.74, 6) is -0.716. The summed E-state index contributed by atoms with van der Waals surface area (Å²) >= 11 is 7.42. The van der Waals surface area contributed by atoms with Crippen LogP contribution in [0.2, 0.25) is 4.34 Å². The second-order valence-corrected chi connectivity index (χ2v) is 5.80. The fourth-order valence-electron chi connectivity index (χ4n) is 2.23. The van der Waals surface area contributed by atoms with Gasteiger partial charge in [0.15, 0.2) is 0 Å². The van der Waals surface area contributed by atoms with Crippen LogP contribution in [0.25, 0.3) is 0 Å². The van der Waals surface area contributed by atoms with Crippen molar-refractivity contribution >= 4 is 28.9 Å². The number of hydrogen-bond donors (Lipinski definition) is 1. The summed E-state index contributed by atoms with van der Waals surface area (Å²) in [6, 6.07) is 3.65. The minimum atomic E-state index is -0.716. The monoisotopic (exact) mass is 259 g/mol. The Morgan fingerprint density at radius 2 is 2.44 bits per heavy atom. The van der Waals surface area contributed by atoms with Crippen LogP contribution in [-0.2, 0) is 4.79 Å². The van der Waals surface area contributed by atoms with Crippen molar-refractivity contribution in [3.05, 3.63) is 21.3 Å². The quantitative estimate of drug-likeness (QED) is 0.907. The Balaban J connectivity index is 2.15. The largest absolute Gasteiger partial charge is 0.480 e. The first-order valence-electron chi connectivity index (χ1n) is 5.33. The van der Waals surface area contributed by atoms with Gasteiger partial charge in [-0.15, -0.1) is 11.3 Å². The first-order valence-corrected chi connectivity index (χ1v) is 6.53. The van der Waals surface area contributed by atoms with Crippen molar-refractivity contribution in [1.29, 1.82) is 0 Å². The number of carboxylic acid groups (broad SMARTS) is 1. The zero-order chi connectivity index (χ0) is 11.7. The molecule has 1 saturated heterocycles. The van der Waals surface area contributed by atoms with E-state index in [2.05, 4.69) is 0 Å². The summed E-state index contributed by atoms with van der Waals surface area (Å²) in [5.41, 5.74) is 0. The molecule has 1 N–H and O–H groups in total. The lowest BCUT2D eigenvalue weighted by atomic mass is 10.2. The maximum absolute atomic E-state index is 11.1. The highest BCUT2D eigenvalue weighted by Gasteiger charge is 2.34. The molecule has 0 radical (unpaired) electrons. The second kappa shape index (κ2) is 4.73. The third-order valence-corrected chi connectivity index (χ3v) is 4.48. The average molecular weight is 260 g/mol. The fraction of sp³-hybridized carbons (Fsp3) is 0.545. The predicted molar refractivity (Wildman–Crippen MR) is 65.1 cm³/mol. The highest BCUT2D eigenvalue weighted by atomic mass is 35.5. The number of hydrogen-bond acceptors (Lipinski definition) is 3. The first kappa shape index (κ1) is 11.9. The third-order valence-electron chi connectivity index (χ3n) is 3.08. The van der Waals surface area contributed by atoms with Crippen LogP contribution in [0, 0.1) is 0 Å². The Morgan fingerprint density at radius 3 is 3.00 bits per heavy atom. The molecule has 2 atom stereocenters. The SMILES string of the molecule is CC(c1ccc(Cl)s1)N1CCC[C@H]1C(=O)O. The minimum Gasteiger partial charge on any atom is -0.480 e. The van der Waals surface area contributed by atoms with Crippen LogP contribution in [0.5, 0.6) is 0 Å². The number of likely N-dealkylation sites (tertiary alicyclic amines) is 1. The van der Waals surface area contributed by atoms with E-state index in [1.165, 1.54) is 11.3 Å². The smallest absolute Gasteiger partial charge is 0.320 e. The molecule has 0 bridgehead atoms. The van der Waals surface area contributed by atoms with Gasteiger partial charge in [-0.25, -0.2) is 0 Å². The van der Waals surface area contributed by atoms with Crippen LogP contribution in [0.1, 0.15) is 30.7 Å². The highest BCUT2D eigenvalue weighted by molar-refractivity contribution is 7.16. The molecule has 1 unspecified atom stereocenters. The molecule has 0 aromatic carbocycles. The number of carbonyl (C=O) groups is 1. The van der Waals surface area contributed by atoms with Crippen molar-refractivity contribution in [2.24, 2.45) is 0 Å². The Kier molecular flexibility index (Phi) is 3.52. The van der Waals surface area contributed by atoms with Gasteiger partial charge >= 0.3 is 5.97 Å². The van der Waals surface area contributed by atoms with E-state index < -0.39 is 5.97 Å². The van der Waals surface area contributed by atoms with Gasteiger partial charge in [-0.3, -0.25) is 9.69 Å². The predicted octanol–water partition coefficient (Wildman–Crippen LogP) is 3.01. The van der Waals surface area contributed by atoms with E-state index in [9.17, 15) is 4.79 Å². The summed E-state index contributed by atoms with van der Waals surface area (Å²) in [7, 11) is 0. The number of carboxylic acids is 1. The summed E-state index contributed by atoms with van der Waals surface area (Å²) in [6.45, 7) is 2.90. The number of aliphatic carboxylic acids is 1. The number of halogens is 1. The molecule has 1 fully saturated rings. The van der Waals surface area contributed by atoms with Gasteiger partial charge in [-0.1, -0.05) is 11.6 Å². The lowest BCUT2D eigenvalue weighted by Gasteiger charge is -2.27. The lowest BCUT2D eigenvalue weighted by molar-refractivity contribution is -0.142. The molecule has 88 valence electrons. The molecule has 0 spiro atoms. The van der Waals surface area contributed by atoms with E-state index in [0.717, 1.165) is 28.6 Å². The average Bonchev–Trinajstić information content (AvgIpc) is 2.84. The molecule has 3 nitrogen and oxygen atoms in total. The van der Waals surface area contributed by atoms with Gasteiger partial charge in [0, 0.05) is 10.9 Å². The molecule has 0 amide bonds. The van der Waals surface area contributed by atoms with Crippen LogP contribution in [0.4, 0.5) is 0 Å². The van der Waals surface area contributed by atoms with Crippen LogP contribution in [0.15, 0.2) is 12.1 Å². The molecule has 2 rings (SSSR count). The van der Waals surface area contributed by atoms with E-state index in [1.54, 1.807) is 0 Å². The summed E-state index contributed by atoms with van der Waals surface area (Å²) in [5, 5.41) is 9.12.